The van der Waals surface area contributed by atoms with E-state index in [-0.39, 0.29) is 37.7 Å². The molecule has 0 saturated carbocycles. The predicted octanol–water partition coefficient (Wildman–Crippen LogP) is 0.662. The Bertz CT molecular complexity index is 32.6. The zero-order valence-electron chi connectivity index (χ0n) is 2.28. The molecule has 0 fully saturated rings. The Morgan fingerprint density at radius 2 is 1.40 bits per heavy atom. The summed E-state index contributed by atoms with van der Waals surface area (Å²) in [5, 5.41) is 0. The maximum absolute atomic E-state index is 9.09. The summed E-state index contributed by atoms with van der Waals surface area (Å²) >= 11 is 0. The van der Waals surface area contributed by atoms with Crippen LogP contribution in [0.2, 0.25) is 0 Å². The van der Waals surface area contributed by atoms with Gasteiger partial charge in [0.1, 0.15) is 0 Å². The van der Waals surface area contributed by atoms with E-state index in [1.54, 1.807) is 0 Å². The van der Waals surface area contributed by atoms with Crippen LogP contribution in [0, 0.1) is 0 Å². The smallest absolute Gasteiger partial charge is 0.225 e. The molecular weight excluding hydrogens is 159 g/mol. The molecule has 0 radical (unpaired) electrons. The molecule has 0 unspecified atom stereocenters. The average Bonchev–Trinajstić information content (AvgIpc) is 0.811. The SMILES string of the molecule is O=S(Cl)Cl.[Ca+2]. The fourth-order valence-corrected chi connectivity index (χ4v) is 0. The van der Waals surface area contributed by atoms with Crippen LogP contribution in [0.5, 0.6) is 0 Å². The first kappa shape index (κ1) is 10.1. The van der Waals surface area contributed by atoms with Crippen LogP contribution in [0.4, 0.5) is 0 Å². The molecule has 0 amide bonds. The Balaban J connectivity index is 0. The van der Waals surface area contributed by atoms with Gasteiger partial charge >= 0.3 is 37.7 Å². The quantitative estimate of drug-likeness (QED) is 0.375. The van der Waals surface area contributed by atoms with Gasteiger partial charge < -0.3 is 0 Å². The summed E-state index contributed by atoms with van der Waals surface area (Å²) in [6.07, 6.45) is 0. The van der Waals surface area contributed by atoms with Crippen molar-refractivity contribution in [1.29, 1.82) is 0 Å². The number of hydrogen-bond donors (Lipinski definition) is 0. The molecule has 0 rings (SSSR count). The van der Waals surface area contributed by atoms with Gasteiger partial charge in [0.2, 0.25) is 9.23 Å². The standard InChI is InChI=1S/Ca.Cl2OS/c;1-4(2)3/q+2;. The van der Waals surface area contributed by atoms with Crippen LogP contribution in [-0.2, 0) is 9.23 Å². The van der Waals surface area contributed by atoms with Gasteiger partial charge in [-0.3, -0.25) is 0 Å². The maximum atomic E-state index is 9.09. The summed E-state index contributed by atoms with van der Waals surface area (Å²) in [5.74, 6) is 0. The third-order valence-electron chi connectivity index (χ3n) is 0. The number of hydrogen-bond acceptors (Lipinski definition) is 1. The zero-order chi connectivity index (χ0) is 3.58. The third kappa shape index (κ3) is 24.1. The van der Waals surface area contributed by atoms with Gasteiger partial charge in [0.15, 0.2) is 0 Å². The van der Waals surface area contributed by atoms with Crippen molar-refractivity contribution in [3.05, 3.63) is 0 Å². The normalized spacial score (nSPS) is 7.00. The van der Waals surface area contributed by atoms with Gasteiger partial charge in [0, 0.05) is 21.4 Å². The molecule has 5 heavy (non-hydrogen) atoms. The molecule has 0 atom stereocenters. The molecule has 0 spiro atoms. The maximum Gasteiger partial charge on any atom is 2.00 e. The molecular formula is CaCl2OS+2. The molecule has 0 aliphatic heterocycles. The summed E-state index contributed by atoms with van der Waals surface area (Å²) in [6, 6.07) is 0. The van der Waals surface area contributed by atoms with Gasteiger partial charge in [-0.25, -0.2) is 4.21 Å². The van der Waals surface area contributed by atoms with Crippen LogP contribution in [-0.4, -0.2) is 41.9 Å². The van der Waals surface area contributed by atoms with Crippen LogP contribution in [0.25, 0.3) is 0 Å². The van der Waals surface area contributed by atoms with Crippen molar-refractivity contribution in [2.24, 2.45) is 0 Å². The Morgan fingerprint density at radius 3 is 1.40 bits per heavy atom. The molecule has 0 aromatic carbocycles. The minimum Gasteiger partial charge on any atom is -0.225 e. The Labute approximate surface area is 71.5 Å². The van der Waals surface area contributed by atoms with Gasteiger partial charge in [0.05, 0.1) is 0 Å². The van der Waals surface area contributed by atoms with Gasteiger partial charge in [-0.2, -0.15) is 0 Å². The van der Waals surface area contributed by atoms with Crippen molar-refractivity contribution in [2.75, 3.05) is 0 Å². The minimum atomic E-state index is -1.67. The van der Waals surface area contributed by atoms with Crippen molar-refractivity contribution in [2.45, 2.75) is 0 Å². The third-order valence-corrected chi connectivity index (χ3v) is 0. The molecule has 0 bridgehead atoms. The van der Waals surface area contributed by atoms with Crippen LogP contribution in [0.3, 0.4) is 0 Å². The molecule has 0 heterocycles. The van der Waals surface area contributed by atoms with E-state index in [4.69, 9.17) is 4.21 Å². The average molecular weight is 159 g/mol. The number of halogens is 2. The molecule has 1 nitrogen and oxygen atoms in total. The van der Waals surface area contributed by atoms with Gasteiger partial charge in [0.25, 0.3) is 0 Å². The van der Waals surface area contributed by atoms with E-state index in [0.717, 1.165) is 0 Å². The van der Waals surface area contributed by atoms with Crippen molar-refractivity contribution in [3.8, 4) is 0 Å². The molecule has 0 aliphatic rings. The first-order chi connectivity index (χ1) is 1.73. The molecule has 0 aliphatic carbocycles. The first-order valence-corrected chi connectivity index (χ1v) is 3.28. The van der Waals surface area contributed by atoms with Crippen molar-refractivity contribution in [1.82, 2.24) is 0 Å². The van der Waals surface area contributed by atoms with Crippen LogP contribution in [0.15, 0.2) is 0 Å². The monoisotopic (exact) mass is 158 g/mol. The topological polar surface area (TPSA) is 17.1 Å². The molecule has 0 aromatic heterocycles. The summed E-state index contributed by atoms with van der Waals surface area (Å²) in [6.45, 7) is 0. The van der Waals surface area contributed by atoms with Crippen molar-refractivity contribution in [3.63, 3.8) is 0 Å². The zero-order valence-corrected chi connectivity index (χ0v) is 6.82. The second-order valence-corrected chi connectivity index (χ2v) is 2.71. The fraction of sp³-hybridized carbons (Fsp3) is 0. The van der Waals surface area contributed by atoms with E-state index in [0.29, 0.717) is 0 Å². The van der Waals surface area contributed by atoms with Crippen LogP contribution < -0.4 is 0 Å². The first-order valence-electron chi connectivity index (χ1n) is 0.475. The Kier molecular flexibility index (Phi) is 12.1. The molecule has 26 valence electrons. The predicted molar refractivity (Wildman–Crippen MR) is 25.6 cm³/mol. The molecule has 5 heteroatoms. The summed E-state index contributed by atoms with van der Waals surface area (Å²) < 4.78 is 9.09. The molecule has 0 N–H and O–H groups in total. The second-order valence-electron chi connectivity index (χ2n) is 0.184. The van der Waals surface area contributed by atoms with E-state index in [9.17, 15) is 0 Å². The summed E-state index contributed by atoms with van der Waals surface area (Å²) in [4.78, 5) is 0. The Morgan fingerprint density at radius 1 is 1.40 bits per heavy atom. The van der Waals surface area contributed by atoms with Gasteiger partial charge in [-0.05, 0) is 0 Å². The number of rotatable bonds is 0. The fourth-order valence-electron chi connectivity index (χ4n) is 0. The van der Waals surface area contributed by atoms with Crippen molar-refractivity contribution >= 4 is 68.3 Å². The minimum absolute atomic E-state index is 0. The second kappa shape index (κ2) is 5.99. The van der Waals surface area contributed by atoms with E-state index in [2.05, 4.69) is 21.4 Å². The molecule has 0 aromatic rings. The van der Waals surface area contributed by atoms with E-state index in [1.165, 1.54) is 0 Å². The Hall–Kier alpha value is 1.99. The van der Waals surface area contributed by atoms with Crippen LogP contribution >= 0.6 is 21.4 Å². The van der Waals surface area contributed by atoms with Crippen molar-refractivity contribution < 1.29 is 4.21 Å². The van der Waals surface area contributed by atoms with E-state index < -0.39 is 9.23 Å². The van der Waals surface area contributed by atoms with E-state index in [1.807, 2.05) is 0 Å². The van der Waals surface area contributed by atoms with Gasteiger partial charge in [-0.15, -0.1) is 0 Å². The largest absolute Gasteiger partial charge is 2.00 e. The summed E-state index contributed by atoms with van der Waals surface area (Å²) in [5.41, 5.74) is 0. The summed E-state index contributed by atoms with van der Waals surface area (Å²) in [7, 11) is 7.36. The van der Waals surface area contributed by atoms with Crippen LogP contribution in [0.1, 0.15) is 0 Å². The molecule has 0 saturated heterocycles. The van der Waals surface area contributed by atoms with E-state index >= 15 is 0 Å². The van der Waals surface area contributed by atoms with Gasteiger partial charge in [-0.1, -0.05) is 0 Å².